The van der Waals surface area contributed by atoms with Gasteiger partial charge in [-0.25, -0.2) is 9.37 Å². The molecule has 1 unspecified atom stereocenters. The minimum atomic E-state index is -0.307. The Labute approximate surface area is 128 Å². The van der Waals surface area contributed by atoms with Crippen LogP contribution in [0.1, 0.15) is 29.3 Å². The second-order valence-electron chi connectivity index (χ2n) is 5.37. The van der Waals surface area contributed by atoms with Crippen LogP contribution in [0.5, 0.6) is 0 Å². The van der Waals surface area contributed by atoms with Gasteiger partial charge in [0.1, 0.15) is 11.6 Å². The van der Waals surface area contributed by atoms with Gasteiger partial charge in [0.2, 0.25) is 0 Å². The molecule has 1 heterocycles. The van der Waals surface area contributed by atoms with Crippen molar-refractivity contribution in [3.05, 3.63) is 59.2 Å². The van der Waals surface area contributed by atoms with Gasteiger partial charge < -0.3 is 0 Å². The molecule has 0 saturated heterocycles. The summed E-state index contributed by atoms with van der Waals surface area (Å²) in [4.78, 5) is 4.58. The van der Waals surface area contributed by atoms with E-state index in [9.17, 15) is 4.39 Å². The van der Waals surface area contributed by atoms with Gasteiger partial charge in [-0.05, 0) is 56.2 Å². The van der Waals surface area contributed by atoms with E-state index in [0.717, 1.165) is 22.2 Å². The molecule has 0 N–H and O–H groups in total. The summed E-state index contributed by atoms with van der Waals surface area (Å²) in [6.07, 6.45) is 0. The number of hydrogen-bond donors (Lipinski definition) is 0. The van der Waals surface area contributed by atoms with Crippen molar-refractivity contribution in [2.75, 3.05) is 0 Å². The summed E-state index contributed by atoms with van der Waals surface area (Å²) in [5.41, 5.74) is 4.18. The zero-order chi connectivity index (χ0) is 15.1. The number of fused-ring (bicyclic) bond motifs is 1. The number of alkyl halides is 1. The summed E-state index contributed by atoms with van der Waals surface area (Å²) in [6.45, 7) is 5.72. The minimum absolute atomic E-state index is 0.270. The average molecular weight is 303 g/mol. The van der Waals surface area contributed by atoms with Crippen LogP contribution in [0, 0.1) is 19.7 Å². The fourth-order valence-corrected chi connectivity index (χ4v) is 2.67. The predicted octanol–water partition coefficient (Wildman–Crippen LogP) is 5.08. The molecule has 0 aliphatic heterocycles. The predicted molar refractivity (Wildman–Crippen MR) is 84.8 cm³/mol. The van der Waals surface area contributed by atoms with Gasteiger partial charge in [-0.2, -0.15) is 0 Å². The third-order valence-electron chi connectivity index (χ3n) is 3.54. The van der Waals surface area contributed by atoms with Crippen molar-refractivity contribution >= 4 is 22.6 Å². The maximum atomic E-state index is 14.4. The molecule has 1 aromatic heterocycles. The molecular weight excluding hydrogens is 287 g/mol. The van der Waals surface area contributed by atoms with Crippen LogP contribution < -0.4 is 0 Å². The molecule has 0 amide bonds. The fourth-order valence-electron chi connectivity index (χ4n) is 2.52. The molecule has 0 aliphatic rings. The number of nitrogens with zero attached hydrogens (tertiary/aromatic N) is 2. The number of halogens is 2. The van der Waals surface area contributed by atoms with Gasteiger partial charge in [0, 0.05) is 0 Å². The molecule has 0 saturated carbocycles. The van der Waals surface area contributed by atoms with Crippen molar-refractivity contribution in [2.24, 2.45) is 0 Å². The van der Waals surface area contributed by atoms with Gasteiger partial charge in [-0.15, -0.1) is 11.6 Å². The summed E-state index contributed by atoms with van der Waals surface area (Å²) < 4.78 is 16.2. The average Bonchev–Trinajstić information content (AvgIpc) is 2.77. The number of benzene rings is 2. The van der Waals surface area contributed by atoms with E-state index in [1.54, 1.807) is 10.6 Å². The minimum Gasteiger partial charge on any atom is -0.292 e. The van der Waals surface area contributed by atoms with E-state index in [-0.39, 0.29) is 11.2 Å². The molecule has 4 heteroatoms. The maximum absolute atomic E-state index is 14.4. The highest BCUT2D eigenvalue weighted by Crippen LogP contribution is 2.30. The first kappa shape index (κ1) is 14.1. The standard InChI is InChI=1S/C17H16ClFN2/c1-10-4-6-15(13(19)8-10)21-16-7-5-11(2)9-14(16)20-17(21)12(3)18/h4-9,12H,1-3H3. The third kappa shape index (κ3) is 2.42. The topological polar surface area (TPSA) is 17.8 Å². The Morgan fingerprint density at radius 2 is 1.76 bits per heavy atom. The summed E-state index contributed by atoms with van der Waals surface area (Å²) in [7, 11) is 0. The summed E-state index contributed by atoms with van der Waals surface area (Å²) in [5, 5.41) is -0.307. The summed E-state index contributed by atoms with van der Waals surface area (Å²) >= 11 is 6.25. The zero-order valence-corrected chi connectivity index (χ0v) is 12.9. The lowest BCUT2D eigenvalue weighted by Gasteiger charge is -2.12. The van der Waals surface area contributed by atoms with Crippen molar-refractivity contribution < 1.29 is 4.39 Å². The van der Waals surface area contributed by atoms with Gasteiger partial charge in [0.15, 0.2) is 0 Å². The Balaban J connectivity index is 2.36. The fraction of sp³-hybridized carbons (Fsp3) is 0.235. The maximum Gasteiger partial charge on any atom is 0.147 e. The molecule has 2 aromatic carbocycles. The van der Waals surface area contributed by atoms with Gasteiger partial charge in [-0.1, -0.05) is 12.1 Å². The van der Waals surface area contributed by atoms with Crippen molar-refractivity contribution in [2.45, 2.75) is 26.1 Å². The van der Waals surface area contributed by atoms with Gasteiger partial charge in [0.05, 0.1) is 22.1 Å². The molecule has 0 fully saturated rings. The van der Waals surface area contributed by atoms with Crippen LogP contribution in [0.25, 0.3) is 16.7 Å². The quantitative estimate of drug-likeness (QED) is 0.604. The van der Waals surface area contributed by atoms with E-state index in [1.807, 2.05) is 45.0 Å². The van der Waals surface area contributed by atoms with Crippen LogP contribution in [-0.4, -0.2) is 9.55 Å². The van der Waals surface area contributed by atoms with Crippen LogP contribution in [0.4, 0.5) is 4.39 Å². The molecule has 0 aliphatic carbocycles. The highest BCUT2D eigenvalue weighted by atomic mass is 35.5. The Hall–Kier alpha value is -1.87. The van der Waals surface area contributed by atoms with E-state index in [0.29, 0.717) is 11.5 Å². The van der Waals surface area contributed by atoms with Crippen molar-refractivity contribution in [1.29, 1.82) is 0 Å². The SMILES string of the molecule is Cc1ccc(-n2c(C(C)Cl)nc3cc(C)ccc32)c(F)c1. The van der Waals surface area contributed by atoms with Gasteiger partial charge >= 0.3 is 0 Å². The highest BCUT2D eigenvalue weighted by molar-refractivity contribution is 6.20. The number of rotatable bonds is 2. The van der Waals surface area contributed by atoms with E-state index in [1.165, 1.54) is 6.07 Å². The number of imidazole rings is 1. The second-order valence-corrected chi connectivity index (χ2v) is 6.02. The molecule has 1 atom stereocenters. The van der Waals surface area contributed by atoms with E-state index in [4.69, 9.17) is 11.6 Å². The summed E-state index contributed by atoms with van der Waals surface area (Å²) in [5.74, 6) is 0.383. The van der Waals surface area contributed by atoms with Crippen molar-refractivity contribution in [1.82, 2.24) is 9.55 Å². The van der Waals surface area contributed by atoms with Crippen molar-refractivity contribution in [3.63, 3.8) is 0 Å². The lowest BCUT2D eigenvalue weighted by Crippen LogP contribution is -2.04. The highest BCUT2D eigenvalue weighted by Gasteiger charge is 2.18. The number of hydrogen-bond acceptors (Lipinski definition) is 1. The molecular formula is C17H16ClFN2. The molecule has 3 rings (SSSR count). The lowest BCUT2D eigenvalue weighted by atomic mass is 10.2. The van der Waals surface area contributed by atoms with Crippen LogP contribution in [0.3, 0.4) is 0 Å². The normalized spacial score (nSPS) is 12.8. The Kier molecular flexibility index (Phi) is 3.46. The second kappa shape index (κ2) is 5.15. The first-order chi connectivity index (χ1) is 9.97. The third-order valence-corrected chi connectivity index (χ3v) is 3.73. The van der Waals surface area contributed by atoms with Crippen LogP contribution >= 0.6 is 11.6 Å². The zero-order valence-electron chi connectivity index (χ0n) is 12.2. The molecule has 2 nitrogen and oxygen atoms in total. The first-order valence-electron chi connectivity index (χ1n) is 6.87. The van der Waals surface area contributed by atoms with Gasteiger partial charge in [0.25, 0.3) is 0 Å². The number of aromatic nitrogens is 2. The Morgan fingerprint density at radius 3 is 2.43 bits per heavy atom. The molecule has 0 radical (unpaired) electrons. The first-order valence-corrected chi connectivity index (χ1v) is 7.30. The Morgan fingerprint density at radius 1 is 1.10 bits per heavy atom. The molecule has 108 valence electrons. The molecule has 0 bridgehead atoms. The molecule has 0 spiro atoms. The van der Waals surface area contributed by atoms with Crippen LogP contribution in [0.2, 0.25) is 0 Å². The smallest absolute Gasteiger partial charge is 0.147 e. The van der Waals surface area contributed by atoms with Crippen molar-refractivity contribution in [3.8, 4) is 5.69 Å². The lowest BCUT2D eigenvalue weighted by molar-refractivity contribution is 0.615. The molecule has 21 heavy (non-hydrogen) atoms. The number of aryl methyl sites for hydroxylation is 2. The van der Waals surface area contributed by atoms with E-state index >= 15 is 0 Å². The van der Waals surface area contributed by atoms with Gasteiger partial charge in [-0.3, -0.25) is 4.57 Å². The van der Waals surface area contributed by atoms with E-state index in [2.05, 4.69) is 4.98 Å². The monoisotopic (exact) mass is 302 g/mol. The summed E-state index contributed by atoms with van der Waals surface area (Å²) in [6, 6.07) is 11.1. The Bertz CT molecular complexity index is 821. The van der Waals surface area contributed by atoms with E-state index < -0.39 is 0 Å². The molecule has 3 aromatic rings. The van der Waals surface area contributed by atoms with Crippen LogP contribution in [0.15, 0.2) is 36.4 Å². The largest absolute Gasteiger partial charge is 0.292 e. The van der Waals surface area contributed by atoms with Crippen LogP contribution in [-0.2, 0) is 0 Å².